The van der Waals surface area contributed by atoms with E-state index in [0.29, 0.717) is 0 Å². The first-order chi connectivity index (χ1) is 6.31. The molecule has 0 unspecified atom stereocenters. The lowest BCUT2D eigenvalue weighted by atomic mass is 10.4. The molecule has 0 aliphatic rings. The SMILES string of the molecule is COC(=O)C(O[Si](C)(C)C)C(=O)OC. The number of carbonyl (C=O) groups excluding carboxylic acids is 2. The Hall–Kier alpha value is -0.883. The van der Waals surface area contributed by atoms with Gasteiger partial charge in [0, 0.05) is 0 Å². The first kappa shape index (κ1) is 13.1. The number of hydrogen-bond acceptors (Lipinski definition) is 5. The third-order valence-electron chi connectivity index (χ3n) is 1.30. The van der Waals surface area contributed by atoms with Gasteiger partial charge in [-0.2, -0.15) is 0 Å². The van der Waals surface area contributed by atoms with Crippen molar-refractivity contribution in [2.45, 2.75) is 25.7 Å². The quantitative estimate of drug-likeness (QED) is 0.393. The van der Waals surface area contributed by atoms with Crippen molar-refractivity contribution in [3.63, 3.8) is 0 Å². The van der Waals surface area contributed by atoms with Crippen molar-refractivity contribution in [3.05, 3.63) is 0 Å². The molecule has 0 N–H and O–H groups in total. The van der Waals surface area contributed by atoms with E-state index in [1.807, 2.05) is 19.6 Å². The van der Waals surface area contributed by atoms with E-state index in [0.717, 1.165) is 0 Å². The first-order valence-electron chi connectivity index (χ1n) is 4.15. The molecule has 0 aliphatic heterocycles. The van der Waals surface area contributed by atoms with Gasteiger partial charge in [0.25, 0.3) is 0 Å². The molecule has 0 amide bonds. The summed E-state index contributed by atoms with van der Waals surface area (Å²) in [6, 6.07) is 0. The molecular weight excluding hydrogens is 204 g/mol. The Labute approximate surface area is 84.5 Å². The van der Waals surface area contributed by atoms with E-state index in [9.17, 15) is 9.59 Å². The monoisotopic (exact) mass is 220 g/mol. The average molecular weight is 220 g/mol. The average Bonchev–Trinajstić information content (AvgIpc) is 2.10. The molecule has 0 rings (SSSR count). The van der Waals surface area contributed by atoms with Gasteiger partial charge in [0.15, 0.2) is 8.32 Å². The van der Waals surface area contributed by atoms with Gasteiger partial charge in [0.2, 0.25) is 6.10 Å². The van der Waals surface area contributed by atoms with Crippen LogP contribution in [-0.4, -0.2) is 40.6 Å². The molecule has 0 atom stereocenters. The van der Waals surface area contributed by atoms with Gasteiger partial charge in [-0.15, -0.1) is 0 Å². The lowest BCUT2D eigenvalue weighted by Gasteiger charge is -2.22. The fourth-order valence-electron chi connectivity index (χ4n) is 0.760. The van der Waals surface area contributed by atoms with Crippen molar-refractivity contribution in [2.24, 2.45) is 0 Å². The summed E-state index contributed by atoms with van der Waals surface area (Å²) >= 11 is 0. The van der Waals surface area contributed by atoms with Crippen molar-refractivity contribution >= 4 is 20.3 Å². The van der Waals surface area contributed by atoms with Crippen LogP contribution in [0, 0.1) is 0 Å². The smallest absolute Gasteiger partial charge is 0.345 e. The Morgan fingerprint density at radius 1 is 1.00 bits per heavy atom. The van der Waals surface area contributed by atoms with Crippen LogP contribution in [0.3, 0.4) is 0 Å². The van der Waals surface area contributed by atoms with Crippen molar-refractivity contribution in [1.82, 2.24) is 0 Å². The predicted octanol–water partition coefficient (Wildman–Crippen LogP) is 0.552. The maximum absolute atomic E-state index is 11.2. The molecule has 0 saturated carbocycles. The Morgan fingerprint density at radius 3 is 1.57 bits per heavy atom. The first-order valence-corrected chi connectivity index (χ1v) is 7.56. The normalized spacial score (nSPS) is 11.3. The van der Waals surface area contributed by atoms with Crippen LogP contribution >= 0.6 is 0 Å². The molecule has 6 heteroatoms. The van der Waals surface area contributed by atoms with Crippen LogP contribution < -0.4 is 0 Å². The fourth-order valence-corrected chi connectivity index (χ4v) is 1.66. The van der Waals surface area contributed by atoms with E-state index >= 15 is 0 Å². The van der Waals surface area contributed by atoms with Gasteiger partial charge in [-0.3, -0.25) is 0 Å². The summed E-state index contributed by atoms with van der Waals surface area (Å²) in [5, 5.41) is 0. The maximum Gasteiger partial charge on any atom is 0.345 e. The molecule has 0 aromatic carbocycles. The number of carbonyl (C=O) groups is 2. The van der Waals surface area contributed by atoms with Crippen molar-refractivity contribution < 1.29 is 23.5 Å². The molecule has 5 nitrogen and oxygen atoms in total. The Balaban J connectivity index is 4.57. The van der Waals surface area contributed by atoms with E-state index < -0.39 is 26.4 Å². The van der Waals surface area contributed by atoms with Crippen LogP contribution in [0.5, 0.6) is 0 Å². The summed E-state index contributed by atoms with van der Waals surface area (Å²) in [6.07, 6.45) is -1.25. The molecule has 0 aromatic heterocycles. The van der Waals surface area contributed by atoms with Crippen LogP contribution in [0.4, 0.5) is 0 Å². The summed E-state index contributed by atoms with van der Waals surface area (Å²) in [5.41, 5.74) is 0. The lowest BCUT2D eigenvalue weighted by molar-refractivity contribution is -0.163. The third-order valence-corrected chi connectivity index (χ3v) is 2.24. The van der Waals surface area contributed by atoms with E-state index in [1.54, 1.807) is 0 Å². The molecule has 82 valence electrons. The lowest BCUT2D eigenvalue weighted by Crippen LogP contribution is -2.42. The van der Waals surface area contributed by atoms with Gasteiger partial charge in [-0.25, -0.2) is 9.59 Å². The second-order valence-corrected chi connectivity index (χ2v) is 8.12. The zero-order valence-electron chi connectivity index (χ0n) is 9.12. The number of ether oxygens (including phenoxy) is 2. The summed E-state index contributed by atoms with van der Waals surface area (Å²) < 4.78 is 14.2. The van der Waals surface area contributed by atoms with E-state index in [1.165, 1.54) is 14.2 Å². The summed E-state index contributed by atoms with van der Waals surface area (Å²) in [6.45, 7) is 5.60. The second-order valence-electron chi connectivity index (χ2n) is 3.66. The molecule has 0 aliphatic carbocycles. The number of rotatable bonds is 4. The van der Waals surface area contributed by atoms with Crippen LogP contribution in [0.1, 0.15) is 0 Å². The second kappa shape index (κ2) is 5.11. The highest BCUT2D eigenvalue weighted by Gasteiger charge is 2.34. The van der Waals surface area contributed by atoms with Gasteiger partial charge < -0.3 is 13.9 Å². The zero-order chi connectivity index (χ0) is 11.4. The van der Waals surface area contributed by atoms with Crippen LogP contribution in [0.2, 0.25) is 19.6 Å². The van der Waals surface area contributed by atoms with E-state index in [4.69, 9.17) is 4.43 Å². The zero-order valence-corrected chi connectivity index (χ0v) is 10.1. The molecule has 0 heterocycles. The topological polar surface area (TPSA) is 61.8 Å². The molecule has 0 spiro atoms. The fraction of sp³-hybridized carbons (Fsp3) is 0.750. The highest BCUT2D eigenvalue weighted by molar-refractivity contribution is 6.70. The van der Waals surface area contributed by atoms with Gasteiger partial charge in [-0.1, -0.05) is 0 Å². The molecule has 0 fully saturated rings. The minimum absolute atomic E-state index is 0.723. The summed E-state index contributed by atoms with van der Waals surface area (Å²) in [4.78, 5) is 22.3. The number of hydrogen-bond donors (Lipinski definition) is 0. The maximum atomic E-state index is 11.2. The number of methoxy groups -OCH3 is 2. The Kier molecular flexibility index (Phi) is 4.79. The molecule has 14 heavy (non-hydrogen) atoms. The van der Waals surface area contributed by atoms with E-state index in [-0.39, 0.29) is 0 Å². The Morgan fingerprint density at radius 2 is 1.36 bits per heavy atom. The molecule has 0 aromatic rings. The van der Waals surface area contributed by atoms with Crippen molar-refractivity contribution in [2.75, 3.05) is 14.2 Å². The Bertz CT molecular complexity index is 204. The largest absolute Gasteiger partial charge is 0.467 e. The summed E-state index contributed by atoms with van der Waals surface area (Å²) in [5.74, 6) is -1.45. The van der Waals surface area contributed by atoms with Crippen LogP contribution in [0.25, 0.3) is 0 Å². The molecular formula is C8H16O5Si. The van der Waals surface area contributed by atoms with Crippen LogP contribution in [-0.2, 0) is 23.5 Å². The van der Waals surface area contributed by atoms with Gasteiger partial charge in [0.1, 0.15) is 0 Å². The van der Waals surface area contributed by atoms with Gasteiger partial charge in [-0.05, 0) is 19.6 Å². The highest BCUT2D eigenvalue weighted by Crippen LogP contribution is 2.09. The highest BCUT2D eigenvalue weighted by atomic mass is 28.4. The van der Waals surface area contributed by atoms with Crippen molar-refractivity contribution in [3.8, 4) is 0 Å². The van der Waals surface area contributed by atoms with Gasteiger partial charge in [0.05, 0.1) is 14.2 Å². The standard InChI is InChI=1S/C8H16O5Si/c1-11-7(9)6(8(10)12-2)13-14(3,4)5/h6H,1-5H3. The van der Waals surface area contributed by atoms with Gasteiger partial charge >= 0.3 is 11.9 Å². The molecule has 0 saturated heterocycles. The minimum atomic E-state index is -1.98. The van der Waals surface area contributed by atoms with Crippen molar-refractivity contribution in [1.29, 1.82) is 0 Å². The van der Waals surface area contributed by atoms with E-state index in [2.05, 4.69) is 9.47 Å². The molecule has 0 bridgehead atoms. The van der Waals surface area contributed by atoms with Crippen LogP contribution in [0.15, 0.2) is 0 Å². The minimum Gasteiger partial charge on any atom is -0.467 e. The number of esters is 2. The third kappa shape index (κ3) is 4.38. The summed E-state index contributed by atoms with van der Waals surface area (Å²) in [7, 11) is 0.420. The predicted molar refractivity (Wildman–Crippen MR) is 52.3 cm³/mol. The molecule has 0 radical (unpaired) electrons.